The third-order valence-electron chi connectivity index (χ3n) is 3.82. The number of benzene rings is 1. The van der Waals surface area contributed by atoms with Gasteiger partial charge in [0.05, 0.1) is 7.11 Å². The van der Waals surface area contributed by atoms with Crippen LogP contribution in [0.4, 0.5) is 0 Å². The van der Waals surface area contributed by atoms with Gasteiger partial charge in [-0.25, -0.2) is 0 Å². The molecule has 1 amide bonds. The molecule has 108 valence electrons. The molecule has 0 aliphatic carbocycles. The molecule has 0 spiro atoms. The molecule has 2 rings (SSSR count). The first-order valence-corrected chi connectivity index (χ1v) is 7.12. The Morgan fingerprint density at radius 3 is 2.50 bits per heavy atom. The van der Waals surface area contributed by atoms with Crippen LogP contribution in [0.2, 0.25) is 0 Å². The molecule has 3 heteroatoms. The van der Waals surface area contributed by atoms with E-state index >= 15 is 0 Å². The van der Waals surface area contributed by atoms with Gasteiger partial charge in [-0.3, -0.25) is 4.79 Å². The Balaban J connectivity index is 2.18. The Labute approximate surface area is 121 Å². The Morgan fingerprint density at radius 2 is 1.95 bits per heavy atom. The molecule has 1 aliphatic rings. The molecule has 0 bridgehead atoms. The lowest BCUT2D eigenvalue weighted by molar-refractivity contribution is -0.128. The van der Waals surface area contributed by atoms with Crippen LogP contribution in [-0.2, 0) is 11.3 Å². The molecular formula is C17H23NO2. The van der Waals surface area contributed by atoms with E-state index in [2.05, 4.69) is 26.8 Å². The number of amides is 1. The fourth-order valence-corrected chi connectivity index (χ4v) is 2.69. The number of methoxy groups -OCH3 is 1. The van der Waals surface area contributed by atoms with Crippen molar-refractivity contribution in [2.75, 3.05) is 7.11 Å². The quantitative estimate of drug-likeness (QED) is 0.785. The van der Waals surface area contributed by atoms with E-state index in [1.165, 1.54) is 0 Å². The minimum atomic E-state index is -0.113. The Hall–Kier alpha value is -1.77. The van der Waals surface area contributed by atoms with Crippen LogP contribution in [0.1, 0.15) is 39.2 Å². The minimum absolute atomic E-state index is 0.113. The second kappa shape index (κ2) is 5.70. The van der Waals surface area contributed by atoms with Crippen molar-refractivity contribution >= 4 is 5.91 Å². The maximum absolute atomic E-state index is 12.5. The molecule has 0 atom stereocenters. The summed E-state index contributed by atoms with van der Waals surface area (Å²) in [5.41, 5.74) is 1.97. The summed E-state index contributed by atoms with van der Waals surface area (Å²) in [5.74, 6) is 1.01. The molecule has 0 saturated carbocycles. The maximum atomic E-state index is 12.5. The first-order chi connectivity index (χ1) is 9.47. The molecule has 3 nitrogen and oxygen atoms in total. The number of rotatable bonds is 4. The van der Waals surface area contributed by atoms with Crippen molar-refractivity contribution in [2.45, 2.75) is 45.7 Å². The maximum Gasteiger partial charge on any atom is 0.250 e. The summed E-state index contributed by atoms with van der Waals surface area (Å²) in [6.45, 7) is 6.98. The highest BCUT2D eigenvalue weighted by molar-refractivity contribution is 5.96. The van der Waals surface area contributed by atoms with Crippen molar-refractivity contribution in [3.8, 4) is 5.75 Å². The van der Waals surface area contributed by atoms with Crippen LogP contribution in [0.15, 0.2) is 35.9 Å². The van der Waals surface area contributed by atoms with Gasteiger partial charge in [0.1, 0.15) is 5.75 Å². The third kappa shape index (κ3) is 2.87. The molecular weight excluding hydrogens is 250 g/mol. The van der Waals surface area contributed by atoms with Crippen LogP contribution in [-0.4, -0.2) is 23.5 Å². The normalized spacial score (nSPS) is 19.7. The summed E-state index contributed by atoms with van der Waals surface area (Å²) in [6.07, 6.45) is 3.79. The topological polar surface area (TPSA) is 29.5 Å². The van der Waals surface area contributed by atoms with Gasteiger partial charge in [-0.05, 0) is 38.0 Å². The van der Waals surface area contributed by atoms with Crippen molar-refractivity contribution in [3.63, 3.8) is 0 Å². The summed E-state index contributed by atoms with van der Waals surface area (Å²) >= 11 is 0. The van der Waals surface area contributed by atoms with E-state index in [1.54, 1.807) is 7.11 Å². The van der Waals surface area contributed by atoms with Crippen LogP contribution < -0.4 is 4.74 Å². The van der Waals surface area contributed by atoms with E-state index in [-0.39, 0.29) is 11.4 Å². The number of ether oxygens (including phenoxy) is 1. The molecule has 0 N–H and O–H groups in total. The first-order valence-electron chi connectivity index (χ1n) is 7.12. The monoisotopic (exact) mass is 273 g/mol. The van der Waals surface area contributed by atoms with Crippen LogP contribution in [0.25, 0.3) is 0 Å². The predicted molar refractivity (Wildman–Crippen MR) is 80.6 cm³/mol. The molecule has 1 fully saturated rings. The molecule has 1 heterocycles. The van der Waals surface area contributed by atoms with Gasteiger partial charge in [-0.2, -0.15) is 0 Å². The molecule has 1 aliphatic heterocycles. The van der Waals surface area contributed by atoms with Crippen molar-refractivity contribution in [3.05, 3.63) is 41.5 Å². The van der Waals surface area contributed by atoms with Crippen molar-refractivity contribution < 1.29 is 9.53 Å². The van der Waals surface area contributed by atoms with Crippen LogP contribution >= 0.6 is 0 Å². The summed E-state index contributed by atoms with van der Waals surface area (Å²) in [5, 5.41) is 0. The molecule has 0 unspecified atom stereocenters. The molecule has 0 radical (unpaired) electrons. The number of hydrogen-bond donors (Lipinski definition) is 0. The number of hydrogen-bond acceptors (Lipinski definition) is 2. The molecule has 1 saturated heterocycles. The lowest BCUT2D eigenvalue weighted by Gasteiger charge is -2.31. The van der Waals surface area contributed by atoms with E-state index in [1.807, 2.05) is 29.2 Å². The summed E-state index contributed by atoms with van der Waals surface area (Å²) in [4.78, 5) is 14.4. The number of likely N-dealkylation sites (tertiary alicyclic amines) is 1. The van der Waals surface area contributed by atoms with Crippen molar-refractivity contribution in [1.29, 1.82) is 0 Å². The first kappa shape index (κ1) is 14.6. The van der Waals surface area contributed by atoms with Crippen molar-refractivity contribution in [2.24, 2.45) is 0 Å². The number of allylic oxidation sites excluding steroid dienone is 1. The van der Waals surface area contributed by atoms with E-state index in [0.29, 0.717) is 6.54 Å². The average Bonchev–Trinajstić information content (AvgIpc) is 2.63. The average molecular weight is 273 g/mol. The van der Waals surface area contributed by atoms with Gasteiger partial charge in [-0.15, -0.1) is 0 Å². The highest BCUT2D eigenvalue weighted by Gasteiger charge is 2.40. The summed E-state index contributed by atoms with van der Waals surface area (Å²) < 4.78 is 5.16. The van der Waals surface area contributed by atoms with Gasteiger partial charge >= 0.3 is 0 Å². The van der Waals surface area contributed by atoms with E-state index in [4.69, 9.17) is 4.74 Å². The zero-order valence-corrected chi connectivity index (χ0v) is 12.8. The fraction of sp³-hybridized carbons (Fsp3) is 0.471. The second-order valence-corrected chi connectivity index (χ2v) is 5.87. The van der Waals surface area contributed by atoms with Gasteiger partial charge in [0.2, 0.25) is 5.91 Å². The van der Waals surface area contributed by atoms with Crippen LogP contribution in [0, 0.1) is 0 Å². The summed E-state index contributed by atoms with van der Waals surface area (Å²) in [6, 6.07) is 7.91. The lowest BCUT2D eigenvalue weighted by atomic mass is 9.99. The van der Waals surface area contributed by atoms with Crippen molar-refractivity contribution in [1.82, 2.24) is 4.90 Å². The molecule has 1 aromatic rings. The standard InChI is InChI=1S/C17H23NO2/c1-5-6-14-11-17(2,3)18(16(14)19)12-13-7-9-15(20-4)10-8-13/h6-10H,5,11-12H2,1-4H3/b14-6+. The summed E-state index contributed by atoms with van der Waals surface area (Å²) in [7, 11) is 1.66. The predicted octanol–water partition coefficient (Wildman–Crippen LogP) is 3.54. The number of nitrogens with zero attached hydrogens (tertiary/aromatic N) is 1. The largest absolute Gasteiger partial charge is 0.497 e. The molecule has 1 aromatic carbocycles. The van der Waals surface area contributed by atoms with E-state index < -0.39 is 0 Å². The molecule has 20 heavy (non-hydrogen) atoms. The SMILES string of the molecule is CC/C=C1\CC(C)(C)N(Cc2ccc(OC)cc2)C1=O. The van der Waals surface area contributed by atoms with Gasteiger partial charge in [-0.1, -0.05) is 25.1 Å². The van der Waals surface area contributed by atoms with Crippen LogP contribution in [0.3, 0.4) is 0 Å². The fourth-order valence-electron chi connectivity index (χ4n) is 2.69. The Kier molecular flexibility index (Phi) is 4.17. The zero-order valence-electron chi connectivity index (χ0n) is 12.8. The van der Waals surface area contributed by atoms with Gasteiger partial charge in [0.15, 0.2) is 0 Å². The van der Waals surface area contributed by atoms with E-state index in [0.717, 1.165) is 29.7 Å². The highest BCUT2D eigenvalue weighted by Crippen LogP contribution is 2.35. The molecule has 0 aromatic heterocycles. The number of carbonyl (C=O) groups is 1. The highest BCUT2D eigenvalue weighted by atomic mass is 16.5. The smallest absolute Gasteiger partial charge is 0.250 e. The zero-order chi connectivity index (χ0) is 14.8. The van der Waals surface area contributed by atoms with Gasteiger partial charge in [0, 0.05) is 24.1 Å². The Morgan fingerprint density at radius 1 is 1.30 bits per heavy atom. The second-order valence-electron chi connectivity index (χ2n) is 5.87. The lowest BCUT2D eigenvalue weighted by Crippen LogP contribution is -2.40. The van der Waals surface area contributed by atoms with Gasteiger partial charge < -0.3 is 9.64 Å². The van der Waals surface area contributed by atoms with Gasteiger partial charge in [0.25, 0.3) is 0 Å². The number of carbonyl (C=O) groups excluding carboxylic acids is 1. The minimum Gasteiger partial charge on any atom is -0.497 e. The third-order valence-corrected chi connectivity index (χ3v) is 3.82. The van der Waals surface area contributed by atoms with Crippen LogP contribution in [0.5, 0.6) is 5.75 Å². The Bertz CT molecular complexity index is 514. The van der Waals surface area contributed by atoms with E-state index in [9.17, 15) is 4.79 Å².